The summed E-state index contributed by atoms with van der Waals surface area (Å²) in [5.41, 5.74) is 2.74. The lowest BCUT2D eigenvalue weighted by Gasteiger charge is -2.14. The molecule has 2 N–H and O–H groups in total. The van der Waals surface area contributed by atoms with Crippen molar-refractivity contribution in [2.24, 2.45) is 0 Å². The van der Waals surface area contributed by atoms with Gasteiger partial charge in [-0.15, -0.1) is 0 Å². The summed E-state index contributed by atoms with van der Waals surface area (Å²) >= 11 is 1.47. The van der Waals surface area contributed by atoms with E-state index in [4.69, 9.17) is 0 Å². The van der Waals surface area contributed by atoms with E-state index in [1.165, 1.54) is 11.8 Å². The molecule has 0 unspecified atom stereocenters. The normalized spacial score (nSPS) is 10.4. The highest BCUT2D eigenvalue weighted by atomic mass is 32.2. The van der Waals surface area contributed by atoms with Crippen LogP contribution in [0.1, 0.15) is 5.56 Å². The van der Waals surface area contributed by atoms with E-state index in [2.05, 4.69) is 15.3 Å². The van der Waals surface area contributed by atoms with Crippen LogP contribution >= 0.6 is 11.8 Å². The summed E-state index contributed by atoms with van der Waals surface area (Å²) in [6, 6.07) is 8.02. The first-order valence-corrected chi connectivity index (χ1v) is 7.41. The number of nitrogens with zero attached hydrogens (tertiary/aromatic N) is 3. The molecule has 20 heavy (non-hydrogen) atoms. The highest BCUT2D eigenvalue weighted by molar-refractivity contribution is 7.98. The number of anilines is 3. The van der Waals surface area contributed by atoms with E-state index < -0.39 is 0 Å². The molecule has 0 saturated carbocycles. The molecule has 0 fully saturated rings. The highest BCUT2D eigenvalue weighted by Gasteiger charge is 2.07. The van der Waals surface area contributed by atoms with E-state index in [1.54, 1.807) is 6.20 Å². The highest BCUT2D eigenvalue weighted by Crippen LogP contribution is 2.22. The lowest BCUT2D eigenvalue weighted by molar-refractivity contribution is 0.281. The number of hydrogen-bond donors (Lipinski definition) is 2. The number of nitrogens with one attached hydrogen (secondary N) is 1. The van der Waals surface area contributed by atoms with E-state index in [0.29, 0.717) is 16.5 Å². The van der Waals surface area contributed by atoms with Crippen molar-refractivity contribution >= 4 is 29.0 Å². The monoisotopic (exact) mass is 290 g/mol. The van der Waals surface area contributed by atoms with Crippen molar-refractivity contribution in [2.45, 2.75) is 11.8 Å². The van der Waals surface area contributed by atoms with Crippen LogP contribution in [0.5, 0.6) is 0 Å². The van der Waals surface area contributed by atoms with Crippen molar-refractivity contribution in [1.29, 1.82) is 0 Å². The predicted octanol–water partition coefficient (Wildman–Crippen LogP) is 2.50. The Morgan fingerprint density at radius 2 is 1.95 bits per heavy atom. The number of aliphatic hydroxyl groups is 1. The van der Waals surface area contributed by atoms with Gasteiger partial charge in [0, 0.05) is 37.2 Å². The third-order valence-electron chi connectivity index (χ3n) is 2.84. The number of rotatable bonds is 5. The standard InChI is InChI=1S/C14H18N4OS/c1-18(2)12-6-4-11(5-7-12)16-13-10(9-19)8-15-14(17-13)20-3/h4-8,19H,9H2,1-3H3,(H,15,16,17). The lowest BCUT2D eigenvalue weighted by atomic mass is 10.2. The second-order valence-corrected chi connectivity index (χ2v) is 5.23. The summed E-state index contributed by atoms with van der Waals surface area (Å²) < 4.78 is 0. The second-order valence-electron chi connectivity index (χ2n) is 4.45. The van der Waals surface area contributed by atoms with Crippen LogP contribution in [0.15, 0.2) is 35.6 Å². The smallest absolute Gasteiger partial charge is 0.189 e. The number of thioether (sulfide) groups is 1. The maximum Gasteiger partial charge on any atom is 0.189 e. The fraction of sp³-hybridized carbons (Fsp3) is 0.286. The molecule has 0 aliphatic carbocycles. The Bertz CT molecular complexity index is 572. The van der Waals surface area contributed by atoms with E-state index in [1.807, 2.05) is 49.5 Å². The van der Waals surface area contributed by atoms with Crippen LogP contribution in [0.4, 0.5) is 17.2 Å². The molecular formula is C14H18N4OS. The average Bonchev–Trinajstić information content (AvgIpc) is 2.47. The molecule has 0 radical (unpaired) electrons. The Kier molecular flexibility index (Phi) is 4.81. The molecule has 106 valence electrons. The summed E-state index contributed by atoms with van der Waals surface area (Å²) in [6.07, 6.45) is 3.57. The van der Waals surface area contributed by atoms with Gasteiger partial charge in [-0.25, -0.2) is 9.97 Å². The first kappa shape index (κ1) is 14.6. The van der Waals surface area contributed by atoms with Gasteiger partial charge in [0.2, 0.25) is 0 Å². The molecule has 1 aromatic carbocycles. The molecule has 0 saturated heterocycles. The SMILES string of the molecule is CSc1ncc(CO)c(Nc2ccc(N(C)C)cc2)n1. The van der Waals surface area contributed by atoms with Gasteiger partial charge in [0.05, 0.1) is 6.61 Å². The molecule has 5 nitrogen and oxygen atoms in total. The van der Waals surface area contributed by atoms with Gasteiger partial charge in [-0.3, -0.25) is 0 Å². The number of benzene rings is 1. The molecule has 2 rings (SSSR count). The van der Waals surface area contributed by atoms with Crippen molar-refractivity contribution in [3.05, 3.63) is 36.0 Å². The van der Waals surface area contributed by atoms with Gasteiger partial charge >= 0.3 is 0 Å². The molecule has 6 heteroatoms. The zero-order chi connectivity index (χ0) is 14.5. The number of aromatic nitrogens is 2. The summed E-state index contributed by atoms with van der Waals surface area (Å²) in [6.45, 7) is -0.0905. The molecule has 0 bridgehead atoms. The van der Waals surface area contributed by atoms with Crippen LogP contribution in [0.2, 0.25) is 0 Å². The van der Waals surface area contributed by atoms with Crippen LogP contribution < -0.4 is 10.2 Å². The minimum atomic E-state index is -0.0905. The molecule has 0 amide bonds. The van der Waals surface area contributed by atoms with Crippen molar-refractivity contribution in [1.82, 2.24) is 9.97 Å². The van der Waals surface area contributed by atoms with Gasteiger partial charge in [0.25, 0.3) is 0 Å². The van der Waals surface area contributed by atoms with Gasteiger partial charge < -0.3 is 15.3 Å². The van der Waals surface area contributed by atoms with Crippen molar-refractivity contribution in [3.63, 3.8) is 0 Å². The quantitative estimate of drug-likeness (QED) is 0.652. The fourth-order valence-corrected chi connectivity index (χ4v) is 2.03. The summed E-state index contributed by atoms with van der Waals surface area (Å²) in [7, 11) is 4.00. The van der Waals surface area contributed by atoms with Gasteiger partial charge in [-0.05, 0) is 30.5 Å². The Balaban J connectivity index is 2.24. The summed E-state index contributed by atoms with van der Waals surface area (Å²) in [5, 5.41) is 13.2. The predicted molar refractivity (Wildman–Crippen MR) is 83.8 cm³/mol. The molecule has 1 aromatic heterocycles. The molecule has 0 aliphatic rings. The van der Waals surface area contributed by atoms with E-state index in [0.717, 1.165) is 11.4 Å². The van der Waals surface area contributed by atoms with Crippen LogP contribution in [0.25, 0.3) is 0 Å². The van der Waals surface area contributed by atoms with Crippen LogP contribution in [-0.2, 0) is 6.61 Å². The molecule has 0 spiro atoms. The molecule has 0 aliphatic heterocycles. The zero-order valence-electron chi connectivity index (χ0n) is 11.8. The van der Waals surface area contributed by atoms with Crippen LogP contribution in [0, 0.1) is 0 Å². The number of aliphatic hydroxyl groups excluding tert-OH is 1. The molecule has 2 aromatic rings. The Labute approximate surface area is 123 Å². The van der Waals surface area contributed by atoms with E-state index in [-0.39, 0.29) is 6.61 Å². The average molecular weight is 290 g/mol. The van der Waals surface area contributed by atoms with Crippen molar-refractivity contribution < 1.29 is 5.11 Å². The zero-order valence-corrected chi connectivity index (χ0v) is 12.6. The maximum atomic E-state index is 9.34. The van der Waals surface area contributed by atoms with Crippen LogP contribution in [0.3, 0.4) is 0 Å². The molecule has 0 atom stereocenters. The van der Waals surface area contributed by atoms with E-state index in [9.17, 15) is 5.11 Å². The topological polar surface area (TPSA) is 61.3 Å². The minimum Gasteiger partial charge on any atom is -0.391 e. The van der Waals surface area contributed by atoms with E-state index >= 15 is 0 Å². The lowest BCUT2D eigenvalue weighted by Crippen LogP contribution is -2.08. The summed E-state index contributed by atoms with van der Waals surface area (Å²) in [5.74, 6) is 0.643. The maximum absolute atomic E-state index is 9.34. The van der Waals surface area contributed by atoms with Crippen LogP contribution in [-0.4, -0.2) is 35.4 Å². The number of hydrogen-bond acceptors (Lipinski definition) is 6. The summed E-state index contributed by atoms with van der Waals surface area (Å²) in [4.78, 5) is 10.6. The minimum absolute atomic E-state index is 0.0905. The largest absolute Gasteiger partial charge is 0.391 e. The van der Waals surface area contributed by atoms with Gasteiger partial charge in [0.1, 0.15) is 5.82 Å². The Hall–Kier alpha value is -1.79. The third-order valence-corrected chi connectivity index (χ3v) is 3.40. The second kappa shape index (κ2) is 6.58. The molecule has 1 heterocycles. The Morgan fingerprint density at radius 3 is 2.50 bits per heavy atom. The fourth-order valence-electron chi connectivity index (χ4n) is 1.69. The first-order chi connectivity index (χ1) is 9.63. The first-order valence-electron chi connectivity index (χ1n) is 6.19. The molecular weight excluding hydrogens is 272 g/mol. The van der Waals surface area contributed by atoms with Crippen molar-refractivity contribution in [3.8, 4) is 0 Å². The Morgan fingerprint density at radius 1 is 1.25 bits per heavy atom. The van der Waals surface area contributed by atoms with Gasteiger partial charge in [0.15, 0.2) is 5.16 Å². The van der Waals surface area contributed by atoms with Crippen molar-refractivity contribution in [2.75, 3.05) is 30.6 Å². The van der Waals surface area contributed by atoms with Gasteiger partial charge in [-0.1, -0.05) is 11.8 Å². The third kappa shape index (κ3) is 3.40. The van der Waals surface area contributed by atoms with Gasteiger partial charge in [-0.2, -0.15) is 0 Å².